The Morgan fingerprint density at radius 1 is 1.11 bits per heavy atom. The van der Waals surface area contributed by atoms with E-state index in [4.69, 9.17) is 0 Å². The van der Waals surface area contributed by atoms with Crippen molar-refractivity contribution in [2.24, 2.45) is 5.92 Å². The van der Waals surface area contributed by atoms with Crippen LogP contribution in [-0.4, -0.2) is 16.0 Å². The third-order valence-electron chi connectivity index (χ3n) is 3.79. The molecule has 0 spiro atoms. The van der Waals surface area contributed by atoms with Crippen LogP contribution in [0.2, 0.25) is 0 Å². The maximum atomic E-state index is 11.3. The van der Waals surface area contributed by atoms with Crippen molar-refractivity contribution >= 4 is 16.7 Å². The first-order chi connectivity index (χ1) is 9.11. The topological polar surface area (TPSA) is 77.8 Å². The van der Waals surface area contributed by atoms with Gasteiger partial charge in [0.1, 0.15) is 0 Å². The van der Waals surface area contributed by atoms with E-state index in [1.54, 1.807) is 0 Å². The van der Waals surface area contributed by atoms with E-state index < -0.39 is 11.1 Å². The van der Waals surface area contributed by atoms with Crippen LogP contribution in [0.1, 0.15) is 26.2 Å². The number of aromatic amines is 2. The molecular formula is C14H17N3O2. The van der Waals surface area contributed by atoms with Gasteiger partial charge in [0.15, 0.2) is 0 Å². The number of aromatic nitrogens is 2. The van der Waals surface area contributed by atoms with Crippen LogP contribution in [0.25, 0.3) is 11.0 Å². The summed E-state index contributed by atoms with van der Waals surface area (Å²) in [7, 11) is 0. The van der Waals surface area contributed by atoms with Gasteiger partial charge < -0.3 is 15.3 Å². The molecule has 0 saturated heterocycles. The molecule has 1 aliphatic rings. The first kappa shape index (κ1) is 12.0. The van der Waals surface area contributed by atoms with Crippen molar-refractivity contribution in [1.29, 1.82) is 0 Å². The minimum atomic E-state index is -0.613. The third kappa shape index (κ3) is 2.41. The van der Waals surface area contributed by atoms with Gasteiger partial charge in [-0.2, -0.15) is 0 Å². The second kappa shape index (κ2) is 4.57. The number of nitrogens with one attached hydrogen (secondary N) is 3. The summed E-state index contributed by atoms with van der Waals surface area (Å²) in [6.45, 7) is 2.27. The number of anilines is 1. The second-order valence-electron chi connectivity index (χ2n) is 5.43. The van der Waals surface area contributed by atoms with Crippen LogP contribution >= 0.6 is 0 Å². The Hall–Kier alpha value is -2.04. The fourth-order valence-corrected chi connectivity index (χ4v) is 2.78. The van der Waals surface area contributed by atoms with Crippen molar-refractivity contribution in [2.75, 3.05) is 5.32 Å². The van der Waals surface area contributed by atoms with Gasteiger partial charge in [-0.15, -0.1) is 0 Å². The summed E-state index contributed by atoms with van der Waals surface area (Å²) < 4.78 is 0. The molecule has 2 aromatic rings. The van der Waals surface area contributed by atoms with Crippen molar-refractivity contribution in [3.63, 3.8) is 0 Å². The fourth-order valence-electron chi connectivity index (χ4n) is 2.78. The van der Waals surface area contributed by atoms with Crippen LogP contribution in [0.4, 0.5) is 5.69 Å². The van der Waals surface area contributed by atoms with Gasteiger partial charge in [-0.1, -0.05) is 6.92 Å². The molecule has 1 saturated carbocycles. The van der Waals surface area contributed by atoms with Crippen LogP contribution in [0.15, 0.2) is 27.8 Å². The molecule has 2 unspecified atom stereocenters. The maximum absolute atomic E-state index is 11.3. The zero-order valence-electron chi connectivity index (χ0n) is 10.8. The lowest BCUT2D eigenvalue weighted by molar-refractivity contribution is 0.602. The van der Waals surface area contributed by atoms with Gasteiger partial charge in [0, 0.05) is 11.7 Å². The Labute approximate surface area is 110 Å². The summed E-state index contributed by atoms with van der Waals surface area (Å²) in [4.78, 5) is 27.7. The number of hydrogen-bond donors (Lipinski definition) is 3. The number of H-pyrrole nitrogens is 2. The molecule has 1 aromatic carbocycles. The molecular weight excluding hydrogens is 242 g/mol. The Morgan fingerprint density at radius 2 is 1.84 bits per heavy atom. The highest BCUT2D eigenvalue weighted by molar-refractivity contribution is 5.78. The summed E-state index contributed by atoms with van der Waals surface area (Å²) in [6, 6.07) is 6.12. The molecule has 100 valence electrons. The second-order valence-corrected chi connectivity index (χ2v) is 5.43. The monoisotopic (exact) mass is 259 g/mol. The lowest BCUT2D eigenvalue weighted by Crippen LogP contribution is -2.28. The number of hydrogen-bond acceptors (Lipinski definition) is 3. The van der Waals surface area contributed by atoms with Crippen LogP contribution in [-0.2, 0) is 0 Å². The van der Waals surface area contributed by atoms with E-state index in [1.807, 2.05) is 18.2 Å². The Kier molecular flexibility index (Phi) is 2.89. The van der Waals surface area contributed by atoms with Gasteiger partial charge in [0.25, 0.3) is 0 Å². The van der Waals surface area contributed by atoms with Gasteiger partial charge in [0.05, 0.1) is 11.0 Å². The molecule has 1 fully saturated rings. The molecule has 0 aliphatic heterocycles. The highest BCUT2D eigenvalue weighted by atomic mass is 16.2. The largest absolute Gasteiger partial charge is 0.382 e. The van der Waals surface area contributed by atoms with E-state index >= 15 is 0 Å². The molecule has 0 radical (unpaired) electrons. The third-order valence-corrected chi connectivity index (χ3v) is 3.79. The standard InChI is InChI=1S/C14H17N3O2/c1-8-2-3-9(6-8)15-10-4-5-11-12(7-10)17-14(19)13(18)16-11/h4-5,7-9,15H,2-3,6H2,1H3,(H,16,18)(H,17,19). The summed E-state index contributed by atoms with van der Waals surface area (Å²) >= 11 is 0. The van der Waals surface area contributed by atoms with Crippen LogP contribution in [0.5, 0.6) is 0 Å². The normalized spacial score (nSPS) is 22.8. The Bertz CT molecular complexity index is 716. The van der Waals surface area contributed by atoms with Gasteiger partial charge in [-0.05, 0) is 43.4 Å². The van der Waals surface area contributed by atoms with Crippen molar-refractivity contribution in [1.82, 2.24) is 9.97 Å². The predicted octanol–water partition coefficient (Wildman–Crippen LogP) is 1.82. The van der Waals surface area contributed by atoms with Crippen LogP contribution in [0, 0.1) is 5.92 Å². The number of rotatable bonds is 2. The van der Waals surface area contributed by atoms with Crippen molar-refractivity contribution < 1.29 is 0 Å². The lowest BCUT2D eigenvalue weighted by atomic mass is 10.1. The highest BCUT2D eigenvalue weighted by Crippen LogP contribution is 2.27. The maximum Gasteiger partial charge on any atom is 0.314 e. The molecule has 19 heavy (non-hydrogen) atoms. The molecule has 5 heteroatoms. The quantitative estimate of drug-likeness (QED) is 0.720. The summed E-state index contributed by atoms with van der Waals surface area (Å²) in [5.74, 6) is 0.772. The van der Waals surface area contributed by atoms with E-state index in [2.05, 4.69) is 22.2 Å². The minimum absolute atomic E-state index is 0.502. The number of fused-ring (bicyclic) bond motifs is 1. The summed E-state index contributed by atoms with van der Waals surface area (Å²) in [6.07, 6.45) is 3.62. The molecule has 3 rings (SSSR count). The molecule has 1 heterocycles. The van der Waals surface area contributed by atoms with Gasteiger partial charge in [-0.25, -0.2) is 0 Å². The number of benzene rings is 1. The first-order valence-corrected chi connectivity index (χ1v) is 6.65. The average molecular weight is 259 g/mol. The van der Waals surface area contributed by atoms with Crippen molar-refractivity contribution in [3.8, 4) is 0 Å². The Morgan fingerprint density at radius 3 is 2.53 bits per heavy atom. The van der Waals surface area contributed by atoms with E-state index in [0.29, 0.717) is 17.1 Å². The van der Waals surface area contributed by atoms with Gasteiger partial charge in [0.2, 0.25) is 0 Å². The Balaban J connectivity index is 1.91. The molecule has 2 atom stereocenters. The van der Waals surface area contributed by atoms with Crippen LogP contribution in [0.3, 0.4) is 0 Å². The molecule has 1 aliphatic carbocycles. The van der Waals surface area contributed by atoms with Crippen molar-refractivity contribution in [3.05, 3.63) is 38.9 Å². The lowest BCUT2D eigenvalue weighted by Gasteiger charge is -2.14. The smallest absolute Gasteiger partial charge is 0.314 e. The highest BCUT2D eigenvalue weighted by Gasteiger charge is 2.20. The van der Waals surface area contributed by atoms with Crippen LogP contribution < -0.4 is 16.4 Å². The molecule has 5 nitrogen and oxygen atoms in total. The zero-order valence-corrected chi connectivity index (χ0v) is 10.8. The average Bonchev–Trinajstić information content (AvgIpc) is 2.77. The summed E-state index contributed by atoms with van der Waals surface area (Å²) in [5.41, 5.74) is 1.06. The molecule has 1 aromatic heterocycles. The summed E-state index contributed by atoms with van der Waals surface area (Å²) in [5, 5.41) is 3.48. The predicted molar refractivity (Wildman–Crippen MR) is 75.6 cm³/mol. The van der Waals surface area contributed by atoms with E-state index in [0.717, 1.165) is 11.6 Å². The van der Waals surface area contributed by atoms with Gasteiger partial charge >= 0.3 is 11.1 Å². The van der Waals surface area contributed by atoms with Crippen molar-refractivity contribution in [2.45, 2.75) is 32.2 Å². The van der Waals surface area contributed by atoms with E-state index in [-0.39, 0.29) is 0 Å². The first-order valence-electron chi connectivity index (χ1n) is 6.65. The minimum Gasteiger partial charge on any atom is -0.382 e. The molecule has 0 amide bonds. The van der Waals surface area contributed by atoms with E-state index in [9.17, 15) is 9.59 Å². The molecule has 0 bridgehead atoms. The fraction of sp³-hybridized carbons (Fsp3) is 0.429. The molecule has 3 N–H and O–H groups in total. The van der Waals surface area contributed by atoms with E-state index in [1.165, 1.54) is 19.3 Å². The zero-order chi connectivity index (χ0) is 13.4. The van der Waals surface area contributed by atoms with Gasteiger partial charge in [-0.3, -0.25) is 9.59 Å². The SMILES string of the molecule is CC1CCC(Nc2ccc3[nH]c(=O)c(=O)[nH]c3c2)C1.